The van der Waals surface area contributed by atoms with Crippen LogP contribution in [0, 0.1) is 11.6 Å². The molecule has 0 aliphatic heterocycles. The van der Waals surface area contributed by atoms with Crippen LogP contribution in [0.1, 0.15) is 48.1 Å². The second kappa shape index (κ2) is 8.58. The Morgan fingerprint density at radius 3 is 2.81 bits per heavy atom. The van der Waals surface area contributed by atoms with Gasteiger partial charge in [0.05, 0.1) is 13.1 Å². The smallest absolute Gasteiger partial charge is 0.318 e. The van der Waals surface area contributed by atoms with E-state index in [4.69, 9.17) is 0 Å². The lowest BCUT2D eigenvalue weighted by molar-refractivity contribution is 0.169. The van der Waals surface area contributed by atoms with Crippen molar-refractivity contribution in [2.45, 2.75) is 58.2 Å². The maximum absolute atomic E-state index is 14.0. The van der Waals surface area contributed by atoms with Crippen LogP contribution in [-0.4, -0.2) is 22.0 Å². The first-order chi connectivity index (χ1) is 12.6. The Bertz CT molecular complexity index is 759. The number of halogens is 2. The van der Waals surface area contributed by atoms with Crippen LogP contribution >= 0.6 is 11.3 Å². The van der Waals surface area contributed by atoms with E-state index in [1.54, 1.807) is 16.2 Å². The molecule has 0 unspecified atom stereocenters. The van der Waals surface area contributed by atoms with E-state index >= 15 is 0 Å². The molecule has 2 amide bonds. The van der Waals surface area contributed by atoms with Gasteiger partial charge in [-0.3, -0.25) is 0 Å². The molecule has 1 aliphatic rings. The Kier molecular flexibility index (Phi) is 6.19. The van der Waals surface area contributed by atoms with E-state index in [1.807, 2.05) is 6.20 Å². The third-order valence-electron chi connectivity index (χ3n) is 4.72. The summed E-state index contributed by atoms with van der Waals surface area (Å²) in [6, 6.07) is 3.16. The summed E-state index contributed by atoms with van der Waals surface area (Å²) < 4.78 is 27.5. The predicted molar refractivity (Wildman–Crippen MR) is 97.9 cm³/mol. The maximum atomic E-state index is 14.0. The normalized spacial score (nSPS) is 14.6. The minimum Gasteiger partial charge on any atom is -0.331 e. The van der Waals surface area contributed by atoms with Gasteiger partial charge < -0.3 is 10.2 Å². The lowest BCUT2D eigenvalue weighted by Crippen LogP contribution is -2.44. The molecule has 2 aromatic rings. The average Bonchev–Trinajstić information content (AvgIpc) is 3.32. The molecule has 26 heavy (non-hydrogen) atoms. The summed E-state index contributed by atoms with van der Waals surface area (Å²) in [5.41, 5.74) is 0.203. The van der Waals surface area contributed by atoms with Gasteiger partial charge >= 0.3 is 6.03 Å². The Morgan fingerprint density at radius 1 is 1.35 bits per heavy atom. The number of aromatic nitrogens is 1. The number of amides is 2. The molecule has 1 aromatic heterocycles. The number of nitrogens with zero attached hydrogens (tertiary/aromatic N) is 2. The lowest BCUT2D eigenvalue weighted by atomic mass is 10.1. The van der Waals surface area contributed by atoms with E-state index in [9.17, 15) is 13.6 Å². The van der Waals surface area contributed by atoms with Gasteiger partial charge in [0.15, 0.2) is 0 Å². The first-order valence-corrected chi connectivity index (χ1v) is 9.80. The van der Waals surface area contributed by atoms with Gasteiger partial charge in [0.2, 0.25) is 0 Å². The summed E-state index contributed by atoms with van der Waals surface area (Å²) in [7, 11) is 0. The van der Waals surface area contributed by atoms with Gasteiger partial charge in [0.1, 0.15) is 16.6 Å². The van der Waals surface area contributed by atoms with Crippen molar-refractivity contribution in [2.24, 2.45) is 0 Å². The van der Waals surface area contributed by atoms with Crippen LogP contribution in [0.3, 0.4) is 0 Å². The molecule has 1 aliphatic carbocycles. The van der Waals surface area contributed by atoms with Crippen LogP contribution in [-0.2, 0) is 19.5 Å². The number of carbonyl (C=O) groups is 1. The first-order valence-electron chi connectivity index (χ1n) is 8.98. The minimum absolute atomic E-state index is 0.0557. The molecule has 4 nitrogen and oxygen atoms in total. The van der Waals surface area contributed by atoms with Crippen molar-refractivity contribution in [3.05, 3.63) is 51.5 Å². The van der Waals surface area contributed by atoms with Crippen molar-refractivity contribution in [3.8, 4) is 0 Å². The van der Waals surface area contributed by atoms with Crippen molar-refractivity contribution in [1.29, 1.82) is 0 Å². The quantitative estimate of drug-likeness (QED) is 0.795. The zero-order valence-electron chi connectivity index (χ0n) is 14.8. The zero-order chi connectivity index (χ0) is 18.5. The van der Waals surface area contributed by atoms with E-state index in [2.05, 4.69) is 17.2 Å². The second-order valence-electron chi connectivity index (χ2n) is 6.53. The Hall–Kier alpha value is -2.02. The highest BCUT2D eigenvalue weighted by molar-refractivity contribution is 7.11. The minimum atomic E-state index is -0.497. The third kappa shape index (κ3) is 4.58. The molecule has 1 heterocycles. The number of carbonyl (C=O) groups excluding carboxylic acids is 1. The van der Waals surface area contributed by atoms with E-state index in [0.717, 1.165) is 49.2 Å². The van der Waals surface area contributed by atoms with Crippen LogP contribution in [0.2, 0.25) is 0 Å². The first kappa shape index (κ1) is 18.8. The van der Waals surface area contributed by atoms with Gasteiger partial charge in [-0.1, -0.05) is 19.8 Å². The number of benzene rings is 1. The SMILES string of the molecule is CCc1cnc(CNC(=O)N(Cc2cc(F)ccc2F)C2CCCC2)s1. The molecule has 1 N–H and O–H groups in total. The number of nitrogens with one attached hydrogen (secondary N) is 1. The van der Waals surface area contributed by atoms with Crippen molar-refractivity contribution >= 4 is 17.4 Å². The molecule has 0 saturated heterocycles. The van der Waals surface area contributed by atoms with Gasteiger partial charge in [-0.2, -0.15) is 0 Å². The van der Waals surface area contributed by atoms with E-state index in [0.29, 0.717) is 6.54 Å². The van der Waals surface area contributed by atoms with Crippen molar-refractivity contribution in [1.82, 2.24) is 15.2 Å². The second-order valence-corrected chi connectivity index (χ2v) is 7.73. The Balaban J connectivity index is 1.70. The van der Waals surface area contributed by atoms with E-state index < -0.39 is 11.6 Å². The molecule has 0 spiro atoms. The third-order valence-corrected chi connectivity index (χ3v) is 5.86. The number of hydrogen-bond acceptors (Lipinski definition) is 3. The number of aryl methyl sites for hydroxylation is 1. The van der Waals surface area contributed by atoms with Crippen LogP contribution < -0.4 is 5.32 Å². The highest BCUT2D eigenvalue weighted by atomic mass is 32.1. The van der Waals surface area contributed by atoms with Crippen LogP contribution in [0.4, 0.5) is 13.6 Å². The predicted octanol–water partition coefficient (Wildman–Crippen LogP) is 4.64. The fourth-order valence-corrected chi connectivity index (χ4v) is 4.08. The molecule has 0 radical (unpaired) electrons. The van der Waals surface area contributed by atoms with Gasteiger partial charge in [0, 0.05) is 22.7 Å². The van der Waals surface area contributed by atoms with Crippen molar-refractivity contribution < 1.29 is 13.6 Å². The van der Waals surface area contributed by atoms with E-state index in [1.165, 1.54) is 10.9 Å². The molecule has 3 rings (SSSR count). The summed E-state index contributed by atoms with van der Waals surface area (Å²) >= 11 is 1.57. The summed E-state index contributed by atoms with van der Waals surface area (Å²) in [6.07, 6.45) is 6.61. The van der Waals surface area contributed by atoms with Crippen LogP contribution in [0.15, 0.2) is 24.4 Å². The number of thiazole rings is 1. The number of hydrogen-bond donors (Lipinski definition) is 1. The zero-order valence-corrected chi connectivity index (χ0v) is 15.6. The molecular weight excluding hydrogens is 356 g/mol. The monoisotopic (exact) mass is 379 g/mol. The topological polar surface area (TPSA) is 45.2 Å². The maximum Gasteiger partial charge on any atom is 0.318 e. The number of urea groups is 1. The summed E-state index contributed by atoms with van der Waals surface area (Å²) in [6.45, 7) is 2.47. The molecule has 1 saturated carbocycles. The fourth-order valence-electron chi connectivity index (χ4n) is 3.28. The van der Waals surface area contributed by atoms with Crippen LogP contribution in [0.25, 0.3) is 0 Å². The largest absolute Gasteiger partial charge is 0.331 e. The van der Waals surface area contributed by atoms with E-state index in [-0.39, 0.29) is 24.2 Å². The molecular formula is C19H23F2N3OS. The van der Waals surface area contributed by atoms with Gasteiger partial charge in [-0.25, -0.2) is 18.6 Å². The standard InChI is InChI=1S/C19H23F2N3OS/c1-2-16-10-22-18(26-16)11-23-19(25)24(15-5-3-4-6-15)12-13-9-14(20)7-8-17(13)21/h7-10,15H,2-6,11-12H2,1H3,(H,23,25). The Morgan fingerprint density at radius 2 is 2.12 bits per heavy atom. The summed E-state index contributed by atoms with van der Waals surface area (Å²) in [5, 5.41) is 3.73. The molecule has 140 valence electrons. The van der Waals surface area contributed by atoms with Gasteiger partial charge in [-0.15, -0.1) is 11.3 Å². The highest BCUT2D eigenvalue weighted by Gasteiger charge is 2.27. The molecule has 0 bridgehead atoms. The van der Waals surface area contributed by atoms with Gasteiger partial charge in [0.25, 0.3) is 0 Å². The summed E-state index contributed by atoms with van der Waals surface area (Å²) in [5.74, 6) is -0.988. The Labute approximate surface area is 156 Å². The van der Waals surface area contributed by atoms with Crippen LogP contribution in [0.5, 0.6) is 0 Å². The molecule has 1 aromatic carbocycles. The van der Waals surface area contributed by atoms with Gasteiger partial charge in [-0.05, 0) is 37.5 Å². The summed E-state index contributed by atoms with van der Waals surface area (Å²) in [4.78, 5) is 19.9. The molecule has 0 atom stereocenters. The number of rotatable bonds is 6. The molecule has 1 fully saturated rings. The lowest BCUT2D eigenvalue weighted by Gasteiger charge is -2.29. The van der Waals surface area contributed by atoms with Crippen molar-refractivity contribution in [3.63, 3.8) is 0 Å². The average molecular weight is 379 g/mol. The van der Waals surface area contributed by atoms with Crippen molar-refractivity contribution in [2.75, 3.05) is 0 Å². The fraction of sp³-hybridized carbons (Fsp3) is 0.474. The molecule has 7 heteroatoms. The highest BCUT2D eigenvalue weighted by Crippen LogP contribution is 2.26.